The second-order valence-electron chi connectivity index (χ2n) is 4.29. The molecule has 0 fully saturated rings. The quantitative estimate of drug-likeness (QED) is 0.732. The number of hydrogen-bond donors (Lipinski definition) is 1. The summed E-state index contributed by atoms with van der Waals surface area (Å²) < 4.78 is 32.9. The number of pyridine rings is 1. The number of rotatable bonds is 2. The molecule has 0 radical (unpaired) electrons. The molecule has 2 aromatic heterocycles. The molecule has 0 bridgehead atoms. The molecule has 0 aliphatic rings. The first kappa shape index (κ1) is 14.2. The first-order valence-electron chi connectivity index (χ1n) is 5.78. The van der Waals surface area contributed by atoms with Crippen LogP contribution in [-0.2, 0) is 0 Å². The maximum atomic E-state index is 13.7. The van der Waals surface area contributed by atoms with E-state index in [1.165, 1.54) is 12.3 Å². The lowest BCUT2D eigenvalue weighted by Crippen LogP contribution is -2.19. The van der Waals surface area contributed by atoms with Crippen LogP contribution < -0.4 is 5.43 Å². The van der Waals surface area contributed by atoms with Crippen LogP contribution in [0, 0.1) is 11.6 Å². The van der Waals surface area contributed by atoms with E-state index in [0.29, 0.717) is 6.07 Å². The highest BCUT2D eigenvalue weighted by molar-refractivity contribution is 6.35. The number of aromatic nitrogens is 2. The van der Waals surface area contributed by atoms with Crippen LogP contribution in [0.1, 0.15) is 10.4 Å². The fraction of sp³-hybridized carbons (Fsp3) is 0. The smallest absolute Gasteiger partial charge is 0.341 e. The molecular weight excluding hydrogens is 322 g/mol. The van der Waals surface area contributed by atoms with Gasteiger partial charge in [0.05, 0.1) is 10.9 Å². The van der Waals surface area contributed by atoms with Gasteiger partial charge in [-0.2, -0.15) is 0 Å². The molecule has 0 unspecified atom stereocenters. The van der Waals surface area contributed by atoms with E-state index in [-0.39, 0.29) is 16.7 Å². The molecule has 112 valence electrons. The average molecular weight is 327 g/mol. The third-order valence-electron chi connectivity index (χ3n) is 3.03. The van der Waals surface area contributed by atoms with Crippen molar-refractivity contribution in [3.05, 3.63) is 57.0 Å². The summed E-state index contributed by atoms with van der Waals surface area (Å²) in [6.45, 7) is 0. The molecule has 3 rings (SSSR count). The second kappa shape index (κ2) is 4.92. The Labute approximate surface area is 125 Å². The molecule has 6 nitrogen and oxygen atoms in total. The number of fused-ring (bicyclic) bond motifs is 1. The molecule has 2 heterocycles. The van der Waals surface area contributed by atoms with Gasteiger partial charge in [0, 0.05) is 12.3 Å². The highest BCUT2D eigenvalue weighted by Crippen LogP contribution is 2.29. The first-order chi connectivity index (χ1) is 10.4. The summed E-state index contributed by atoms with van der Waals surface area (Å²) in [4.78, 5) is 23.3. The maximum absolute atomic E-state index is 13.7. The molecule has 0 amide bonds. The minimum atomic E-state index is -1.52. The molecule has 0 aliphatic carbocycles. The number of carbonyl (C=O) groups is 1. The van der Waals surface area contributed by atoms with Crippen LogP contribution in [0.3, 0.4) is 0 Å². The minimum absolute atomic E-state index is 0.0559. The number of halogens is 3. The second-order valence-corrected chi connectivity index (χ2v) is 4.67. The Morgan fingerprint density at radius 1 is 1.41 bits per heavy atom. The van der Waals surface area contributed by atoms with Gasteiger partial charge in [-0.25, -0.2) is 13.6 Å². The molecule has 0 saturated carbocycles. The predicted octanol–water partition coefficient (Wildman–Crippen LogP) is 2.61. The van der Waals surface area contributed by atoms with E-state index >= 15 is 0 Å². The molecule has 3 aromatic rings. The standard InChI is InChI=1S/C13H5ClF2N2O4/c14-9-10(16)7(15)3-5-11(9)18(8-1-2-22-17-8)4-6(12(5)19)13(20)21/h1-4H,(H,20,21). The number of carboxylic acid groups (broad SMARTS) is 1. The monoisotopic (exact) mass is 326 g/mol. The van der Waals surface area contributed by atoms with Crippen molar-refractivity contribution in [1.82, 2.24) is 9.72 Å². The molecule has 1 aromatic carbocycles. The van der Waals surface area contributed by atoms with E-state index in [9.17, 15) is 18.4 Å². The van der Waals surface area contributed by atoms with Gasteiger partial charge in [0.15, 0.2) is 17.5 Å². The van der Waals surface area contributed by atoms with Crippen molar-refractivity contribution in [2.24, 2.45) is 0 Å². The third kappa shape index (κ3) is 1.96. The Kier molecular flexibility index (Phi) is 3.18. The number of hydrogen-bond acceptors (Lipinski definition) is 4. The van der Waals surface area contributed by atoms with E-state index in [2.05, 4.69) is 9.68 Å². The van der Waals surface area contributed by atoms with Crippen molar-refractivity contribution >= 4 is 28.5 Å². The van der Waals surface area contributed by atoms with Crippen molar-refractivity contribution in [3.8, 4) is 5.82 Å². The Morgan fingerprint density at radius 3 is 2.73 bits per heavy atom. The zero-order chi connectivity index (χ0) is 16.0. The zero-order valence-corrected chi connectivity index (χ0v) is 11.3. The first-order valence-corrected chi connectivity index (χ1v) is 6.16. The SMILES string of the molecule is O=C(O)c1cn(-c2ccon2)c2c(Cl)c(F)c(F)cc2c1=O. The van der Waals surface area contributed by atoms with Crippen LogP contribution in [0.2, 0.25) is 5.02 Å². The van der Waals surface area contributed by atoms with Gasteiger partial charge in [-0.15, -0.1) is 0 Å². The summed E-state index contributed by atoms with van der Waals surface area (Å²) in [6.07, 6.45) is 2.11. The summed E-state index contributed by atoms with van der Waals surface area (Å²) in [6, 6.07) is 1.94. The Bertz CT molecular complexity index is 967. The van der Waals surface area contributed by atoms with Gasteiger partial charge in [-0.1, -0.05) is 16.8 Å². The van der Waals surface area contributed by atoms with Gasteiger partial charge in [0.25, 0.3) is 0 Å². The van der Waals surface area contributed by atoms with E-state index in [0.717, 1.165) is 10.8 Å². The average Bonchev–Trinajstić information content (AvgIpc) is 2.99. The molecule has 9 heteroatoms. The number of benzene rings is 1. The van der Waals surface area contributed by atoms with Gasteiger partial charge in [0.2, 0.25) is 5.43 Å². The molecule has 0 spiro atoms. The molecule has 22 heavy (non-hydrogen) atoms. The summed E-state index contributed by atoms with van der Waals surface area (Å²) in [5.41, 5.74) is -1.83. The molecule has 0 saturated heterocycles. The fourth-order valence-electron chi connectivity index (χ4n) is 2.05. The molecule has 0 aliphatic heterocycles. The van der Waals surface area contributed by atoms with Crippen LogP contribution in [0.5, 0.6) is 0 Å². The van der Waals surface area contributed by atoms with Crippen LogP contribution >= 0.6 is 11.6 Å². The predicted molar refractivity (Wildman–Crippen MR) is 71.5 cm³/mol. The Hall–Kier alpha value is -2.74. The molecular formula is C13H5ClF2N2O4. The van der Waals surface area contributed by atoms with Gasteiger partial charge >= 0.3 is 5.97 Å². The van der Waals surface area contributed by atoms with E-state index < -0.39 is 33.6 Å². The Balaban J connectivity index is 2.58. The van der Waals surface area contributed by atoms with Crippen molar-refractivity contribution in [3.63, 3.8) is 0 Å². The lowest BCUT2D eigenvalue weighted by molar-refractivity contribution is 0.0695. The van der Waals surface area contributed by atoms with E-state index in [4.69, 9.17) is 16.7 Å². The number of carboxylic acids is 1. The lowest BCUT2D eigenvalue weighted by atomic mass is 10.1. The third-order valence-corrected chi connectivity index (χ3v) is 3.37. The van der Waals surface area contributed by atoms with Gasteiger partial charge in [-0.05, 0) is 6.07 Å². The van der Waals surface area contributed by atoms with Crippen molar-refractivity contribution in [2.75, 3.05) is 0 Å². The molecule has 0 atom stereocenters. The zero-order valence-electron chi connectivity index (χ0n) is 10.5. The van der Waals surface area contributed by atoms with Crippen LogP contribution in [0.15, 0.2) is 33.9 Å². The van der Waals surface area contributed by atoms with E-state index in [1.54, 1.807) is 0 Å². The summed E-state index contributed by atoms with van der Waals surface area (Å²) >= 11 is 5.78. The van der Waals surface area contributed by atoms with Gasteiger partial charge in [0.1, 0.15) is 16.8 Å². The van der Waals surface area contributed by atoms with Crippen LogP contribution in [0.25, 0.3) is 16.7 Å². The fourth-order valence-corrected chi connectivity index (χ4v) is 2.34. The van der Waals surface area contributed by atoms with Gasteiger partial charge < -0.3 is 9.63 Å². The van der Waals surface area contributed by atoms with Crippen LogP contribution in [0.4, 0.5) is 8.78 Å². The minimum Gasteiger partial charge on any atom is -0.477 e. The summed E-state index contributed by atoms with van der Waals surface area (Å²) in [5.74, 6) is -4.18. The highest BCUT2D eigenvalue weighted by Gasteiger charge is 2.22. The topological polar surface area (TPSA) is 85.3 Å². The largest absolute Gasteiger partial charge is 0.477 e. The normalized spacial score (nSPS) is 11.0. The summed E-state index contributed by atoms with van der Waals surface area (Å²) in [5, 5.41) is 11.6. The summed E-state index contributed by atoms with van der Waals surface area (Å²) in [7, 11) is 0. The van der Waals surface area contributed by atoms with Gasteiger partial charge in [-0.3, -0.25) is 9.36 Å². The number of aromatic carboxylic acids is 1. The number of nitrogens with zero attached hydrogens (tertiary/aromatic N) is 2. The Morgan fingerprint density at radius 2 is 2.14 bits per heavy atom. The van der Waals surface area contributed by atoms with E-state index in [1.807, 2.05) is 0 Å². The lowest BCUT2D eigenvalue weighted by Gasteiger charge is -2.11. The highest BCUT2D eigenvalue weighted by atomic mass is 35.5. The van der Waals surface area contributed by atoms with Crippen molar-refractivity contribution in [1.29, 1.82) is 0 Å². The van der Waals surface area contributed by atoms with Crippen LogP contribution in [-0.4, -0.2) is 20.8 Å². The maximum Gasteiger partial charge on any atom is 0.341 e. The van der Waals surface area contributed by atoms with Crippen molar-refractivity contribution < 1.29 is 23.2 Å². The molecule has 1 N–H and O–H groups in total. The van der Waals surface area contributed by atoms with Crippen molar-refractivity contribution in [2.45, 2.75) is 0 Å².